The summed E-state index contributed by atoms with van der Waals surface area (Å²) in [4.78, 5) is 10.7. The van der Waals surface area contributed by atoms with Gasteiger partial charge in [-0.1, -0.05) is 35.9 Å². The van der Waals surface area contributed by atoms with Crippen LogP contribution in [0, 0.1) is 18.3 Å². The summed E-state index contributed by atoms with van der Waals surface area (Å²) in [6.45, 7) is 1.98. The Morgan fingerprint density at radius 1 is 1.18 bits per heavy atom. The first-order valence-corrected chi connectivity index (χ1v) is 5.31. The van der Waals surface area contributed by atoms with Crippen LogP contribution in [0.15, 0.2) is 42.5 Å². The molecule has 0 saturated heterocycles. The average Bonchev–Trinajstić information content (AvgIpc) is 2.39. The van der Waals surface area contributed by atoms with E-state index in [2.05, 4.69) is 6.07 Å². The molecule has 0 bridgehead atoms. The molecule has 0 spiro atoms. The van der Waals surface area contributed by atoms with Crippen LogP contribution in [0.2, 0.25) is 0 Å². The highest BCUT2D eigenvalue weighted by Crippen LogP contribution is 2.25. The second kappa shape index (κ2) is 4.63. The molecule has 2 rings (SSSR count). The number of aldehydes is 1. The van der Waals surface area contributed by atoms with Crippen molar-refractivity contribution in [1.29, 1.82) is 5.26 Å². The Morgan fingerprint density at radius 3 is 2.71 bits per heavy atom. The average molecular weight is 221 g/mol. The lowest BCUT2D eigenvalue weighted by Gasteiger charge is -2.06. The summed E-state index contributed by atoms with van der Waals surface area (Å²) < 4.78 is 0. The van der Waals surface area contributed by atoms with Crippen molar-refractivity contribution in [2.75, 3.05) is 0 Å². The van der Waals surface area contributed by atoms with E-state index in [1.807, 2.05) is 31.2 Å². The summed E-state index contributed by atoms with van der Waals surface area (Å²) in [5.74, 6) is 0. The smallest absolute Gasteiger partial charge is 0.150 e. The lowest BCUT2D eigenvalue weighted by Crippen LogP contribution is -1.87. The van der Waals surface area contributed by atoms with E-state index in [-0.39, 0.29) is 0 Å². The maximum absolute atomic E-state index is 10.7. The predicted octanol–water partition coefficient (Wildman–Crippen LogP) is 3.35. The van der Waals surface area contributed by atoms with Gasteiger partial charge in [0.2, 0.25) is 0 Å². The third-order valence-corrected chi connectivity index (χ3v) is 2.63. The zero-order valence-electron chi connectivity index (χ0n) is 9.47. The summed E-state index contributed by atoms with van der Waals surface area (Å²) in [5, 5.41) is 9.08. The van der Waals surface area contributed by atoms with Gasteiger partial charge < -0.3 is 0 Å². The van der Waals surface area contributed by atoms with Gasteiger partial charge in [0.1, 0.15) is 6.29 Å². The molecule has 0 radical (unpaired) electrons. The van der Waals surface area contributed by atoms with E-state index in [4.69, 9.17) is 5.26 Å². The van der Waals surface area contributed by atoms with Gasteiger partial charge in [0, 0.05) is 5.56 Å². The summed E-state index contributed by atoms with van der Waals surface area (Å²) >= 11 is 0. The Morgan fingerprint density at radius 2 is 2.00 bits per heavy atom. The number of nitriles is 1. The number of aryl methyl sites for hydroxylation is 1. The molecule has 0 aliphatic heterocycles. The highest BCUT2D eigenvalue weighted by atomic mass is 16.1. The molecule has 2 nitrogen and oxygen atoms in total. The van der Waals surface area contributed by atoms with Crippen molar-refractivity contribution >= 4 is 6.29 Å². The molecule has 2 heteroatoms. The van der Waals surface area contributed by atoms with E-state index in [0.29, 0.717) is 11.1 Å². The first-order chi connectivity index (χ1) is 8.24. The van der Waals surface area contributed by atoms with Gasteiger partial charge in [0.15, 0.2) is 0 Å². The van der Waals surface area contributed by atoms with Crippen molar-refractivity contribution in [3.63, 3.8) is 0 Å². The zero-order valence-corrected chi connectivity index (χ0v) is 9.47. The summed E-state index contributed by atoms with van der Waals surface area (Å²) in [6.07, 6.45) is 0.811. The topological polar surface area (TPSA) is 40.9 Å². The predicted molar refractivity (Wildman–Crippen MR) is 66.7 cm³/mol. The number of benzene rings is 2. The number of carbonyl (C=O) groups excluding carboxylic acids is 1. The summed E-state index contributed by atoms with van der Waals surface area (Å²) in [7, 11) is 0. The van der Waals surface area contributed by atoms with Gasteiger partial charge in [0.25, 0.3) is 0 Å². The van der Waals surface area contributed by atoms with Crippen molar-refractivity contribution in [2.45, 2.75) is 6.92 Å². The van der Waals surface area contributed by atoms with Crippen LogP contribution in [-0.2, 0) is 0 Å². The van der Waals surface area contributed by atoms with Crippen molar-refractivity contribution in [1.82, 2.24) is 0 Å². The van der Waals surface area contributed by atoms with Crippen molar-refractivity contribution < 1.29 is 4.79 Å². The van der Waals surface area contributed by atoms with E-state index in [1.54, 1.807) is 18.2 Å². The van der Waals surface area contributed by atoms with Gasteiger partial charge >= 0.3 is 0 Å². The molecule has 0 heterocycles. The fourth-order valence-electron chi connectivity index (χ4n) is 1.77. The minimum Gasteiger partial charge on any atom is -0.298 e. The molecule has 0 amide bonds. The Balaban J connectivity index is 2.63. The third-order valence-electron chi connectivity index (χ3n) is 2.63. The lowest BCUT2D eigenvalue weighted by molar-refractivity contribution is 0.112. The van der Waals surface area contributed by atoms with Gasteiger partial charge in [-0.3, -0.25) is 4.79 Å². The van der Waals surface area contributed by atoms with E-state index >= 15 is 0 Å². The second-order valence-corrected chi connectivity index (χ2v) is 3.90. The Kier molecular flexibility index (Phi) is 3.02. The van der Waals surface area contributed by atoms with Crippen LogP contribution in [0.1, 0.15) is 21.5 Å². The summed E-state index contributed by atoms with van der Waals surface area (Å²) in [5.41, 5.74) is 4.10. The van der Waals surface area contributed by atoms with Crippen molar-refractivity contribution in [3.8, 4) is 17.2 Å². The molecule has 17 heavy (non-hydrogen) atoms. The normalized spacial score (nSPS) is 9.65. The molecule has 0 N–H and O–H groups in total. The molecule has 0 unspecified atom stereocenters. The Labute approximate surface area is 100 Å². The second-order valence-electron chi connectivity index (χ2n) is 3.90. The molecule has 0 aliphatic carbocycles. The zero-order chi connectivity index (χ0) is 12.3. The molecule has 0 aromatic heterocycles. The first-order valence-electron chi connectivity index (χ1n) is 5.31. The Hall–Kier alpha value is -2.40. The molecule has 0 fully saturated rings. The van der Waals surface area contributed by atoms with Crippen LogP contribution < -0.4 is 0 Å². The molecular formula is C15H11NO. The van der Waals surface area contributed by atoms with Crippen LogP contribution in [0.3, 0.4) is 0 Å². The van der Waals surface area contributed by atoms with Gasteiger partial charge in [-0.05, 0) is 30.2 Å². The van der Waals surface area contributed by atoms with E-state index < -0.39 is 0 Å². The molecule has 0 saturated carbocycles. The highest BCUT2D eigenvalue weighted by Gasteiger charge is 2.05. The van der Waals surface area contributed by atoms with Crippen LogP contribution in [0.25, 0.3) is 11.1 Å². The number of hydrogen-bond acceptors (Lipinski definition) is 2. The van der Waals surface area contributed by atoms with Crippen LogP contribution in [0.4, 0.5) is 0 Å². The minimum atomic E-state index is 0.618. The number of hydrogen-bond donors (Lipinski definition) is 0. The monoisotopic (exact) mass is 221 g/mol. The number of rotatable bonds is 2. The highest BCUT2D eigenvalue weighted by molar-refractivity contribution is 5.80. The third kappa shape index (κ3) is 2.24. The van der Waals surface area contributed by atoms with E-state index in [9.17, 15) is 4.79 Å². The SMILES string of the molecule is Cc1ccc(C#N)c(-c2cccc(C=O)c2)c1. The number of nitrogens with zero attached hydrogens (tertiary/aromatic N) is 1. The first kappa shape index (κ1) is 11.1. The van der Waals surface area contributed by atoms with Gasteiger partial charge in [-0.15, -0.1) is 0 Å². The lowest BCUT2D eigenvalue weighted by atomic mass is 9.97. The molecule has 82 valence electrons. The summed E-state index contributed by atoms with van der Waals surface area (Å²) in [6, 6.07) is 15.1. The molecule has 2 aromatic rings. The largest absolute Gasteiger partial charge is 0.298 e. The van der Waals surface area contributed by atoms with E-state index in [1.165, 1.54) is 0 Å². The maximum Gasteiger partial charge on any atom is 0.150 e. The van der Waals surface area contributed by atoms with Crippen molar-refractivity contribution in [3.05, 3.63) is 59.2 Å². The quantitative estimate of drug-likeness (QED) is 0.730. The molecular weight excluding hydrogens is 210 g/mol. The van der Waals surface area contributed by atoms with Gasteiger partial charge in [-0.2, -0.15) is 5.26 Å². The van der Waals surface area contributed by atoms with Crippen molar-refractivity contribution in [2.24, 2.45) is 0 Å². The van der Waals surface area contributed by atoms with Crippen LogP contribution in [-0.4, -0.2) is 6.29 Å². The van der Waals surface area contributed by atoms with Gasteiger partial charge in [-0.25, -0.2) is 0 Å². The number of carbonyl (C=O) groups is 1. The fraction of sp³-hybridized carbons (Fsp3) is 0.0667. The molecule has 0 aliphatic rings. The van der Waals surface area contributed by atoms with Gasteiger partial charge in [0.05, 0.1) is 11.6 Å². The maximum atomic E-state index is 10.7. The standard InChI is InChI=1S/C15H11NO/c1-11-5-6-14(9-16)15(7-11)13-4-2-3-12(8-13)10-17/h2-8,10H,1H3. The van der Waals surface area contributed by atoms with Crippen LogP contribution in [0.5, 0.6) is 0 Å². The van der Waals surface area contributed by atoms with E-state index in [0.717, 1.165) is 23.0 Å². The fourth-order valence-corrected chi connectivity index (χ4v) is 1.77. The Bertz CT molecular complexity index is 609. The van der Waals surface area contributed by atoms with Crippen LogP contribution >= 0.6 is 0 Å². The molecule has 2 aromatic carbocycles. The minimum absolute atomic E-state index is 0.618. The molecule has 0 atom stereocenters.